The Morgan fingerprint density at radius 3 is 2.68 bits per heavy atom. The first-order valence-corrected chi connectivity index (χ1v) is 10.8. The van der Waals surface area contributed by atoms with Crippen LogP contribution >= 0.6 is 0 Å². The van der Waals surface area contributed by atoms with Gasteiger partial charge < -0.3 is 18.8 Å². The number of pyridine rings is 2. The van der Waals surface area contributed by atoms with Crippen LogP contribution in [-0.2, 0) is 6.54 Å². The van der Waals surface area contributed by atoms with Gasteiger partial charge in [-0.1, -0.05) is 12.1 Å². The number of anilines is 1. The van der Waals surface area contributed by atoms with Crippen LogP contribution in [-0.4, -0.2) is 46.5 Å². The quantitative estimate of drug-likeness (QED) is 0.468. The first kappa shape index (κ1) is 21.4. The Morgan fingerprint density at radius 1 is 1.15 bits per heavy atom. The van der Waals surface area contributed by atoms with Crippen LogP contribution in [0.3, 0.4) is 0 Å². The Labute approximate surface area is 194 Å². The molecule has 1 amide bonds. The topological polar surface area (TPSA) is 95.4 Å². The molecule has 0 bridgehead atoms. The Balaban J connectivity index is 1.52. The zero-order chi connectivity index (χ0) is 23.7. The molecule has 0 radical (unpaired) electrons. The van der Waals surface area contributed by atoms with E-state index < -0.39 is 11.4 Å². The van der Waals surface area contributed by atoms with Gasteiger partial charge in [0, 0.05) is 37.8 Å². The number of aromatic nitrogens is 2. The molecule has 1 aliphatic rings. The highest BCUT2D eigenvalue weighted by Gasteiger charge is 2.28. The summed E-state index contributed by atoms with van der Waals surface area (Å²) in [7, 11) is 0. The van der Waals surface area contributed by atoms with Gasteiger partial charge in [0.25, 0.3) is 11.5 Å². The summed E-state index contributed by atoms with van der Waals surface area (Å²) in [6.45, 7) is 1.85. The van der Waals surface area contributed by atoms with Gasteiger partial charge >= 0.3 is 0 Å². The molecular weight excluding hydrogens is 437 g/mol. The summed E-state index contributed by atoms with van der Waals surface area (Å²) in [6.07, 6.45) is 4.65. The second-order valence-electron chi connectivity index (χ2n) is 8.01. The summed E-state index contributed by atoms with van der Waals surface area (Å²) < 4.78 is 20.4. The number of carbonyl (C=O) groups is 1. The van der Waals surface area contributed by atoms with E-state index in [0.29, 0.717) is 48.3 Å². The van der Waals surface area contributed by atoms with Crippen LogP contribution in [0.15, 0.2) is 70.3 Å². The lowest BCUT2D eigenvalue weighted by molar-refractivity contribution is 0.0715. The SMILES string of the molecule is N#Cc1c(N2CCN(C(=O)c3ccco3)CC2)c2ccncc2n(Cc2cccc(F)c2)c1=O. The zero-order valence-corrected chi connectivity index (χ0v) is 18.1. The van der Waals surface area contributed by atoms with Crippen molar-refractivity contribution in [3.63, 3.8) is 0 Å². The predicted molar refractivity (Wildman–Crippen MR) is 123 cm³/mol. The van der Waals surface area contributed by atoms with Crippen LogP contribution in [0.2, 0.25) is 0 Å². The zero-order valence-electron chi connectivity index (χ0n) is 18.1. The second kappa shape index (κ2) is 8.83. The van der Waals surface area contributed by atoms with Crippen LogP contribution < -0.4 is 10.5 Å². The molecule has 5 rings (SSSR count). The summed E-state index contributed by atoms with van der Waals surface area (Å²) >= 11 is 0. The molecule has 8 nitrogen and oxygen atoms in total. The Bertz CT molecular complexity index is 1460. The third-order valence-electron chi connectivity index (χ3n) is 6.00. The predicted octanol–water partition coefficient (Wildman–Crippen LogP) is 3.01. The standard InChI is InChI=1S/C25H20FN5O3/c26-18-4-1-3-17(13-18)16-31-21-15-28-7-6-19(21)23(20(14-27)24(31)32)29-8-10-30(11-9-29)25(33)22-5-2-12-34-22/h1-7,12-13,15H,8-11,16H2. The van der Waals surface area contributed by atoms with Crippen molar-refractivity contribution < 1.29 is 13.6 Å². The minimum atomic E-state index is -0.462. The molecule has 3 aromatic heterocycles. The Kier molecular flexibility index (Phi) is 5.55. The highest BCUT2D eigenvalue weighted by molar-refractivity contribution is 5.95. The van der Waals surface area contributed by atoms with Crippen molar-refractivity contribution in [1.29, 1.82) is 5.26 Å². The molecule has 4 aromatic rings. The van der Waals surface area contributed by atoms with Crippen LogP contribution in [0, 0.1) is 17.1 Å². The van der Waals surface area contributed by atoms with Crippen molar-refractivity contribution in [2.75, 3.05) is 31.1 Å². The van der Waals surface area contributed by atoms with E-state index in [4.69, 9.17) is 4.42 Å². The van der Waals surface area contributed by atoms with Crippen molar-refractivity contribution in [3.8, 4) is 6.07 Å². The number of carbonyl (C=O) groups excluding carboxylic acids is 1. The molecule has 1 aliphatic heterocycles. The molecule has 0 spiro atoms. The van der Waals surface area contributed by atoms with Gasteiger partial charge in [-0.05, 0) is 35.9 Å². The summed E-state index contributed by atoms with van der Waals surface area (Å²) in [4.78, 5) is 33.8. The summed E-state index contributed by atoms with van der Waals surface area (Å²) in [5, 5.41) is 10.6. The highest BCUT2D eigenvalue weighted by atomic mass is 19.1. The molecule has 0 unspecified atom stereocenters. The lowest BCUT2D eigenvalue weighted by Crippen LogP contribution is -2.49. The number of halogens is 1. The normalized spacial score (nSPS) is 13.8. The van der Waals surface area contributed by atoms with Gasteiger partial charge in [0.15, 0.2) is 5.76 Å². The van der Waals surface area contributed by atoms with Gasteiger partial charge in [0.1, 0.15) is 17.4 Å². The number of nitriles is 1. The average molecular weight is 457 g/mol. The average Bonchev–Trinajstić information content (AvgIpc) is 3.40. The first-order valence-electron chi connectivity index (χ1n) is 10.8. The Morgan fingerprint density at radius 2 is 1.97 bits per heavy atom. The van der Waals surface area contributed by atoms with E-state index >= 15 is 0 Å². The van der Waals surface area contributed by atoms with Gasteiger partial charge in [-0.2, -0.15) is 5.26 Å². The van der Waals surface area contributed by atoms with Crippen molar-refractivity contribution in [2.24, 2.45) is 0 Å². The molecule has 34 heavy (non-hydrogen) atoms. The third-order valence-corrected chi connectivity index (χ3v) is 6.00. The largest absolute Gasteiger partial charge is 0.459 e. The number of nitrogens with zero attached hydrogens (tertiary/aromatic N) is 5. The monoisotopic (exact) mass is 457 g/mol. The molecule has 1 saturated heterocycles. The van der Waals surface area contributed by atoms with Crippen LogP contribution in [0.1, 0.15) is 21.7 Å². The fraction of sp³-hybridized carbons (Fsp3) is 0.200. The maximum atomic E-state index is 13.7. The van der Waals surface area contributed by atoms with Gasteiger partial charge in [0.2, 0.25) is 0 Å². The maximum absolute atomic E-state index is 13.7. The first-order chi connectivity index (χ1) is 16.6. The summed E-state index contributed by atoms with van der Waals surface area (Å²) in [6, 6.07) is 13.2. The van der Waals surface area contributed by atoms with E-state index in [1.165, 1.54) is 23.0 Å². The number of piperazine rings is 1. The van der Waals surface area contributed by atoms with Gasteiger partial charge in [-0.25, -0.2) is 4.39 Å². The van der Waals surface area contributed by atoms with E-state index in [0.717, 1.165) is 0 Å². The molecule has 0 N–H and O–H groups in total. The lowest BCUT2D eigenvalue weighted by Gasteiger charge is -2.36. The van der Waals surface area contributed by atoms with Crippen molar-refractivity contribution in [1.82, 2.24) is 14.5 Å². The number of hydrogen-bond donors (Lipinski definition) is 0. The smallest absolute Gasteiger partial charge is 0.289 e. The molecule has 1 aromatic carbocycles. The number of hydrogen-bond acceptors (Lipinski definition) is 6. The molecule has 0 aliphatic carbocycles. The van der Waals surface area contributed by atoms with Crippen molar-refractivity contribution in [3.05, 3.63) is 94.2 Å². The number of benzene rings is 1. The van der Waals surface area contributed by atoms with Crippen LogP contribution in [0.5, 0.6) is 0 Å². The van der Waals surface area contributed by atoms with Crippen LogP contribution in [0.4, 0.5) is 10.1 Å². The molecule has 0 saturated carbocycles. The lowest BCUT2D eigenvalue weighted by atomic mass is 10.1. The highest BCUT2D eigenvalue weighted by Crippen LogP contribution is 2.29. The van der Waals surface area contributed by atoms with Crippen molar-refractivity contribution in [2.45, 2.75) is 6.54 Å². The minimum absolute atomic E-state index is 0.0147. The molecule has 4 heterocycles. The second-order valence-corrected chi connectivity index (χ2v) is 8.01. The van der Waals surface area contributed by atoms with Gasteiger partial charge in [-0.3, -0.25) is 14.6 Å². The molecular formula is C25H20FN5O3. The maximum Gasteiger partial charge on any atom is 0.289 e. The number of fused-ring (bicyclic) bond motifs is 1. The number of furan rings is 1. The third kappa shape index (κ3) is 3.79. The Hall–Kier alpha value is -4.45. The summed E-state index contributed by atoms with van der Waals surface area (Å²) in [5.74, 6) is -0.306. The van der Waals surface area contributed by atoms with Crippen molar-refractivity contribution >= 4 is 22.5 Å². The minimum Gasteiger partial charge on any atom is -0.459 e. The van der Waals surface area contributed by atoms with E-state index in [-0.39, 0.29) is 23.8 Å². The van der Waals surface area contributed by atoms with Gasteiger partial charge in [-0.15, -0.1) is 0 Å². The molecule has 1 fully saturated rings. The number of amides is 1. The van der Waals surface area contributed by atoms with E-state index in [1.54, 1.807) is 47.6 Å². The number of rotatable bonds is 4. The van der Waals surface area contributed by atoms with E-state index in [1.807, 2.05) is 4.90 Å². The molecule has 0 atom stereocenters. The van der Waals surface area contributed by atoms with E-state index in [2.05, 4.69) is 11.1 Å². The summed E-state index contributed by atoms with van der Waals surface area (Å²) in [5.41, 5.74) is 1.25. The fourth-order valence-corrected chi connectivity index (χ4v) is 4.38. The molecule has 9 heteroatoms. The fourth-order valence-electron chi connectivity index (χ4n) is 4.38. The van der Waals surface area contributed by atoms with Crippen LogP contribution in [0.25, 0.3) is 10.9 Å². The van der Waals surface area contributed by atoms with Gasteiger partial charge in [0.05, 0.1) is 30.2 Å². The molecule has 170 valence electrons. The van der Waals surface area contributed by atoms with E-state index in [9.17, 15) is 19.2 Å².